The molecule has 2 aromatic carbocycles. The van der Waals surface area contributed by atoms with Gasteiger partial charge in [0.05, 0.1) is 5.41 Å². The Morgan fingerprint density at radius 1 is 1.08 bits per heavy atom. The van der Waals surface area contributed by atoms with E-state index in [4.69, 9.17) is 9.47 Å². The molecule has 4 nitrogen and oxygen atoms in total. The van der Waals surface area contributed by atoms with Crippen molar-refractivity contribution in [1.82, 2.24) is 4.90 Å². The summed E-state index contributed by atoms with van der Waals surface area (Å²) in [6, 6.07) is 10.6. The predicted octanol–water partition coefficient (Wildman–Crippen LogP) is 3.17. The Morgan fingerprint density at radius 2 is 1.80 bits per heavy atom. The van der Waals surface area contributed by atoms with E-state index in [-0.39, 0.29) is 18.5 Å². The maximum Gasteiger partial charge on any atom is 0.233 e. The second-order valence-corrected chi connectivity index (χ2v) is 7.01. The largest absolute Gasteiger partial charge is 0.454 e. The van der Waals surface area contributed by atoms with Crippen LogP contribution in [0.15, 0.2) is 36.4 Å². The van der Waals surface area contributed by atoms with Gasteiger partial charge in [0, 0.05) is 18.7 Å². The van der Waals surface area contributed by atoms with Gasteiger partial charge in [-0.3, -0.25) is 4.79 Å². The third-order valence-electron chi connectivity index (χ3n) is 5.54. The number of rotatable bonds is 2. The molecule has 2 heterocycles. The van der Waals surface area contributed by atoms with Crippen LogP contribution < -0.4 is 9.47 Å². The Kier molecular flexibility index (Phi) is 3.08. The third kappa shape index (κ3) is 2.22. The summed E-state index contributed by atoms with van der Waals surface area (Å²) in [7, 11) is 0. The molecule has 1 aliphatic carbocycles. The molecule has 1 saturated carbocycles. The smallest absolute Gasteiger partial charge is 0.233 e. The van der Waals surface area contributed by atoms with Crippen molar-refractivity contribution in [3.8, 4) is 11.5 Å². The van der Waals surface area contributed by atoms with Crippen LogP contribution in [-0.4, -0.2) is 24.1 Å². The minimum Gasteiger partial charge on any atom is -0.454 e. The average molecular weight is 339 g/mol. The number of hydrogen-bond acceptors (Lipinski definition) is 3. The number of benzene rings is 2. The molecule has 128 valence electrons. The van der Waals surface area contributed by atoms with Crippen LogP contribution in [0.3, 0.4) is 0 Å². The summed E-state index contributed by atoms with van der Waals surface area (Å²) in [5.74, 6) is 1.28. The number of amides is 1. The first-order valence-electron chi connectivity index (χ1n) is 8.63. The number of ether oxygens (including phenoxy) is 2. The molecule has 0 aromatic heterocycles. The summed E-state index contributed by atoms with van der Waals surface area (Å²) in [6.07, 6.45) is 2.22. The molecule has 0 saturated heterocycles. The average Bonchev–Trinajstić information content (AvgIpc) is 3.31. The van der Waals surface area contributed by atoms with Gasteiger partial charge in [0.2, 0.25) is 12.7 Å². The molecule has 5 heteroatoms. The highest BCUT2D eigenvalue weighted by Crippen LogP contribution is 2.51. The lowest BCUT2D eigenvalue weighted by Gasteiger charge is -2.32. The van der Waals surface area contributed by atoms with Gasteiger partial charge in [-0.1, -0.05) is 18.2 Å². The number of halogens is 1. The SMILES string of the molecule is O=C(N1CCc2cc3c(cc2C1)OCO3)C1(c2ccccc2F)CC1. The van der Waals surface area contributed by atoms with E-state index in [2.05, 4.69) is 0 Å². The first-order valence-corrected chi connectivity index (χ1v) is 8.63. The Labute approximate surface area is 145 Å². The molecule has 5 rings (SSSR count). The highest BCUT2D eigenvalue weighted by Gasteiger charge is 2.54. The molecule has 0 radical (unpaired) electrons. The summed E-state index contributed by atoms with van der Waals surface area (Å²) < 4.78 is 25.1. The van der Waals surface area contributed by atoms with Crippen LogP contribution in [-0.2, 0) is 23.2 Å². The lowest BCUT2D eigenvalue weighted by atomic mass is 9.91. The van der Waals surface area contributed by atoms with Crippen LogP contribution in [0.1, 0.15) is 29.5 Å². The van der Waals surface area contributed by atoms with Crippen molar-refractivity contribution in [3.05, 3.63) is 58.9 Å². The molecule has 0 bridgehead atoms. The van der Waals surface area contributed by atoms with E-state index in [0.717, 1.165) is 36.3 Å². The second kappa shape index (κ2) is 5.22. The standard InChI is InChI=1S/C20H18FNO3/c21-16-4-2-1-3-15(16)20(6-7-20)19(23)22-8-5-13-9-17-18(25-12-24-17)10-14(13)11-22/h1-4,9-10H,5-8,11-12H2. The molecule has 0 spiro atoms. The number of carbonyl (C=O) groups is 1. The summed E-state index contributed by atoms with van der Waals surface area (Å²) in [5.41, 5.74) is 2.16. The normalized spacial score (nSPS) is 19.5. The van der Waals surface area contributed by atoms with Gasteiger partial charge in [-0.15, -0.1) is 0 Å². The van der Waals surface area contributed by atoms with E-state index < -0.39 is 5.41 Å². The van der Waals surface area contributed by atoms with E-state index in [0.29, 0.717) is 18.7 Å². The summed E-state index contributed by atoms with van der Waals surface area (Å²) >= 11 is 0. The van der Waals surface area contributed by atoms with Gasteiger partial charge >= 0.3 is 0 Å². The Hall–Kier alpha value is -2.56. The van der Waals surface area contributed by atoms with Gasteiger partial charge in [0.1, 0.15) is 5.82 Å². The predicted molar refractivity (Wildman–Crippen MR) is 89.0 cm³/mol. The van der Waals surface area contributed by atoms with E-state index in [1.54, 1.807) is 18.2 Å². The van der Waals surface area contributed by atoms with E-state index in [9.17, 15) is 9.18 Å². The molecule has 2 aromatic rings. The molecule has 0 atom stereocenters. The number of carbonyl (C=O) groups excluding carboxylic acids is 1. The first-order chi connectivity index (χ1) is 12.2. The van der Waals surface area contributed by atoms with Gasteiger partial charge < -0.3 is 14.4 Å². The fraction of sp³-hybridized carbons (Fsp3) is 0.350. The molecular weight excluding hydrogens is 321 g/mol. The van der Waals surface area contributed by atoms with Crippen LogP contribution in [0.4, 0.5) is 4.39 Å². The Balaban J connectivity index is 1.43. The highest BCUT2D eigenvalue weighted by molar-refractivity contribution is 5.91. The van der Waals surface area contributed by atoms with E-state index in [1.807, 2.05) is 17.0 Å². The number of hydrogen-bond donors (Lipinski definition) is 0. The van der Waals surface area contributed by atoms with E-state index in [1.165, 1.54) is 11.6 Å². The zero-order chi connectivity index (χ0) is 17.0. The summed E-state index contributed by atoms with van der Waals surface area (Å²) in [4.78, 5) is 15.0. The highest BCUT2D eigenvalue weighted by atomic mass is 19.1. The summed E-state index contributed by atoms with van der Waals surface area (Å²) in [6.45, 7) is 1.44. The molecular formula is C20H18FNO3. The molecule has 3 aliphatic rings. The van der Waals surface area contributed by atoms with Crippen LogP contribution in [0.25, 0.3) is 0 Å². The molecule has 1 amide bonds. The van der Waals surface area contributed by atoms with Gasteiger partial charge in [-0.25, -0.2) is 4.39 Å². The zero-order valence-corrected chi connectivity index (χ0v) is 13.8. The van der Waals surface area contributed by atoms with Crippen molar-refractivity contribution < 1.29 is 18.7 Å². The van der Waals surface area contributed by atoms with Crippen LogP contribution >= 0.6 is 0 Å². The monoisotopic (exact) mass is 339 g/mol. The van der Waals surface area contributed by atoms with Crippen molar-refractivity contribution in [2.75, 3.05) is 13.3 Å². The zero-order valence-electron chi connectivity index (χ0n) is 13.8. The minimum absolute atomic E-state index is 0.0425. The Bertz CT molecular complexity index is 875. The van der Waals surface area contributed by atoms with Crippen molar-refractivity contribution >= 4 is 5.91 Å². The molecule has 2 aliphatic heterocycles. The van der Waals surface area contributed by atoms with Gasteiger partial charge in [0.15, 0.2) is 11.5 Å². The maximum atomic E-state index is 14.2. The lowest BCUT2D eigenvalue weighted by molar-refractivity contribution is -0.135. The van der Waals surface area contributed by atoms with Crippen LogP contribution in [0.5, 0.6) is 11.5 Å². The van der Waals surface area contributed by atoms with Crippen molar-refractivity contribution in [2.45, 2.75) is 31.2 Å². The Morgan fingerprint density at radius 3 is 2.52 bits per heavy atom. The fourth-order valence-corrected chi connectivity index (χ4v) is 3.99. The second-order valence-electron chi connectivity index (χ2n) is 7.01. The lowest BCUT2D eigenvalue weighted by Crippen LogP contribution is -2.42. The first kappa shape index (κ1) is 14.8. The van der Waals surface area contributed by atoms with Crippen molar-refractivity contribution in [3.63, 3.8) is 0 Å². The van der Waals surface area contributed by atoms with Gasteiger partial charge in [-0.2, -0.15) is 0 Å². The van der Waals surface area contributed by atoms with Gasteiger partial charge in [-0.05, 0) is 48.6 Å². The maximum absolute atomic E-state index is 14.2. The number of fused-ring (bicyclic) bond motifs is 2. The molecule has 1 fully saturated rings. The van der Waals surface area contributed by atoms with E-state index >= 15 is 0 Å². The minimum atomic E-state index is -0.667. The topological polar surface area (TPSA) is 38.8 Å². The molecule has 0 N–H and O–H groups in total. The molecule has 25 heavy (non-hydrogen) atoms. The van der Waals surface area contributed by atoms with Crippen LogP contribution in [0.2, 0.25) is 0 Å². The van der Waals surface area contributed by atoms with Crippen molar-refractivity contribution in [2.24, 2.45) is 0 Å². The fourth-order valence-electron chi connectivity index (χ4n) is 3.99. The van der Waals surface area contributed by atoms with Crippen LogP contribution in [0, 0.1) is 5.82 Å². The van der Waals surface area contributed by atoms with Crippen molar-refractivity contribution in [1.29, 1.82) is 0 Å². The molecule has 0 unspecified atom stereocenters. The summed E-state index contributed by atoms with van der Waals surface area (Å²) in [5, 5.41) is 0. The number of nitrogens with zero attached hydrogens (tertiary/aromatic N) is 1. The third-order valence-corrected chi connectivity index (χ3v) is 5.54. The van der Waals surface area contributed by atoms with Gasteiger partial charge in [0.25, 0.3) is 0 Å². The quantitative estimate of drug-likeness (QED) is 0.844.